The smallest absolute Gasteiger partial charge is 0.135 e. The molecular formula is C23H44N2O. The SMILES string of the molecule is C#CCCCCCCCCCCCCCCCCCC(=O)CC(N)NC. The molecule has 152 valence electrons. The van der Waals surface area contributed by atoms with E-state index in [1.807, 2.05) is 0 Å². The van der Waals surface area contributed by atoms with Gasteiger partial charge >= 0.3 is 0 Å². The minimum Gasteiger partial charge on any atom is -0.316 e. The molecule has 1 atom stereocenters. The van der Waals surface area contributed by atoms with Gasteiger partial charge in [0.15, 0.2) is 0 Å². The molecule has 0 aromatic carbocycles. The number of nitrogens with two attached hydrogens (primary N) is 1. The van der Waals surface area contributed by atoms with Crippen LogP contribution in [0.15, 0.2) is 0 Å². The molecule has 0 rings (SSSR count). The van der Waals surface area contributed by atoms with Crippen LogP contribution in [0.1, 0.15) is 116 Å². The molecule has 0 saturated carbocycles. The fraction of sp³-hybridized carbons (Fsp3) is 0.870. The Balaban J connectivity index is 3.11. The number of nitrogens with one attached hydrogen (secondary N) is 1. The number of rotatable bonds is 20. The van der Waals surface area contributed by atoms with E-state index in [0.717, 1.165) is 12.8 Å². The van der Waals surface area contributed by atoms with Crippen molar-refractivity contribution in [1.29, 1.82) is 0 Å². The van der Waals surface area contributed by atoms with Gasteiger partial charge in [0.05, 0.1) is 6.17 Å². The van der Waals surface area contributed by atoms with E-state index < -0.39 is 0 Å². The third-order valence-electron chi connectivity index (χ3n) is 5.10. The first-order valence-corrected chi connectivity index (χ1v) is 11.1. The summed E-state index contributed by atoms with van der Waals surface area (Å²) in [7, 11) is 1.79. The molecule has 3 nitrogen and oxygen atoms in total. The molecular weight excluding hydrogens is 320 g/mol. The van der Waals surface area contributed by atoms with E-state index in [2.05, 4.69) is 11.2 Å². The lowest BCUT2D eigenvalue weighted by atomic mass is 10.0. The summed E-state index contributed by atoms with van der Waals surface area (Å²) in [6.45, 7) is 0. The Morgan fingerprint density at radius 2 is 1.19 bits per heavy atom. The Morgan fingerprint density at radius 1 is 0.808 bits per heavy atom. The fourth-order valence-corrected chi connectivity index (χ4v) is 3.30. The van der Waals surface area contributed by atoms with Gasteiger partial charge in [0.2, 0.25) is 0 Å². The molecule has 0 radical (unpaired) electrons. The van der Waals surface area contributed by atoms with Gasteiger partial charge in [0.1, 0.15) is 5.78 Å². The zero-order valence-corrected chi connectivity index (χ0v) is 17.4. The first-order chi connectivity index (χ1) is 12.7. The lowest BCUT2D eigenvalue weighted by Gasteiger charge is -2.08. The molecule has 0 spiro atoms. The second kappa shape index (κ2) is 20.5. The minimum atomic E-state index is -0.179. The average molecular weight is 365 g/mol. The first kappa shape index (κ1) is 25.1. The number of unbranched alkanes of at least 4 members (excludes halogenated alkanes) is 15. The first-order valence-electron chi connectivity index (χ1n) is 11.1. The normalized spacial score (nSPS) is 12.0. The Hall–Kier alpha value is -0.850. The summed E-state index contributed by atoms with van der Waals surface area (Å²) < 4.78 is 0. The highest BCUT2D eigenvalue weighted by Crippen LogP contribution is 2.14. The Morgan fingerprint density at radius 3 is 1.58 bits per heavy atom. The second-order valence-corrected chi connectivity index (χ2v) is 7.65. The number of carbonyl (C=O) groups is 1. The second-order valence-electron chi connectivity index (χ2n) is 7.65. The van der Waals surface area contributed by atoms with Crippen molar-refractivity contribution in [3.8, 4) is 12.3 Å². The zero-order chi connectivity index (χ0) is 19.3. The van der Waals surface area contributed by atoms with E-state index in [9.17, 15) is 4.79 Å². The molecule has 0 saturated heterocycles. The predicted molar refractivity (Wildman–Crippen MR) is 114 cm³/mol. The van der Waals surface area contributed by atoms with Crippen molar-refractivity contribution in [2.24, 2.45) is 5.73 Å². The monoisotopic (exact) mass is 364 g/mol. The Bertz CT molecular complexity index is 349. The number of hydrogen-bond acceptors (Lipinski definition) is 3. The van der Waals surface area contributed by atoms with Crippen molar-refractivity contribution in [3.63, 3.8) is 0 Å². The highest BCUT2D eigenvalue weighted by atomic mass is 16.1. The number of Topliss-reactive ketones (excluding diaryl/α,β-unsaturated/α-hetero) is 1. The molecule has 26 heavy (non-hydrogen) atoms. The van der Waals surface area contributed by atoms with Gasteiger partial charge in [-0.3, -0.25) is 4.79 Å². The van der Waals surface area contributed by atoms with Crippen LogP contribution in [0.4, 0.5) is 0 Å². The minimum absolute atomic E-state index is 0.179. The van der Waals surface area contributed by atoms with Gasteiger partial charge in [0, 0.05) is 19.3 Å². The molecule has 3 N–H and O–H groups in total. The quantitative estimate of drug-likeness (QED) is 0.165. The maximum atomic E-state index is 11.6. The predicted octanol–water partition coefficient (Wildman–Crippen LogP) is 5.71. The lowest BCUT2D eigenvalue weighted by Crippen LogP contribution is -2.36. The highest BCUT2D eigenvalue weighted by Gasteiger charge is 2.06. The van der Waals surface area contributed by atoms with Crippen LogP contribution < -0.4 is 11.1 Å². The van der Waals surface area contributed by atoms with Gasteiger partial charge in [-0.25, -0.2) is 0 Å². The van der Waals surface area contributed by atoms with Crippen molar-refractivity contribution in [2.75, 3.05) is 7.05 Å². The largest absolute Gasteiger partial charge is 0.316 e. The summed E-state index contributed by atoms with van der Waals surface area (Å²) in [5, 5.41) is 2.91. The third-order valence-corrected chi connectivity index (χ3v) is 5.10. The molecule has 0 aromatic heterocycles. The molecule has 0 aliphatic rings. The van der Waals surface area contributed by atoms with Crippen molar-refractivity contribution >= 4 is 5.78 Å². The maximum Gasteiger partial charge on any atom is 0.135 e. The van der Waals surface area contributed by atoms with Gasteiger partial charge in [-0.1, -0.05) is 83.5 Å². The van der Waals surface area contributed by atoms with E-state index in [1.54, 1.807) is 7.05 Å². The summed E-state index contributed by atoms with van der Waals surface area (Å²) in [6.07, 6.45) is 27.0. The van der Waals surface area contributed by atoms with Crippen LogP contribution in [0.5, 0.6) is 0 Å². The van der Waals surface area contributed by atoms with Crippen molar-refractivity contribution < 1.29 is 4.79 Å². The molecule has 0 bridgehead atoms. The van der Waals surface area contributed by atoms with Crippen LogP contribution in [0.3, 0.4) is 0 Å². The zero-order valence-electron chi connectivity index (χ0n) is 17.4. The molecule has 1 unspecified atom stereocenters. The van der Waals surface area contributed by atoms with E-state index in [0.29, 0.717) is 18.6 Å². The summed E-state index contributed by atoms with van der Waals surface area (Å²) in [5.74, 6) is 3.00. The van der Waals surface area contributed by atoms with E-state index in [1.165, 1.54) is 89.9 Å². The topological polar surface area (TPSA) is 55.1 Å². The van der Waals surface area contributed by atoms with Crippen LogP contribution >= 0.6 is 0 Å². The highest BCUT2D eigenvalue weighted by molar-refractivity contribution is 5.78. The van der Waals surface area contributed by atoms with Crippen LogP contribution in [-0.4, -0.2) is 19.0 Å². The summed E-state index contributed by atoms with van der Waals surface area (Å²) in [5.41, 5.74) is 5.70. The summed E-state index contributed by atoms with van der Waals surface area (Å²) in [6, 6.07) is 0. The number of ketones is 1. The Labute approximate surface area is 163 Å². The molecule has 0 fully saturated rings. The van der Waals surface area contributed by atoms with Gasteiger partial charge in [-0.05, 0) is 19.9 Å². The Kier molecular flexibility index (Phi) is 19.8. The summed E-state index contributed by atoms with van der Waals surface area (Å²) in [4.78, 5) is 11.6. The van der Waals surface area contributed by atoms with Gasteiger partial charge < -0.3 is 11.1 Å². The number of carbonyl (C=O) groups excluding carboxylic acids is 1. The van der Waals surface area contributed by atoms with E-state index >= 15 is 0 Å². The lowest BCUT2D eigenvalue weighted by molar-refractivity contribution is -0.119. The molecule has 0 aliphatic carbocycles. The standard InChI is InChI=1S/C23H44N2O/c1-3-4-5-6-7-8-9-10-11-12-13-14-15-16-17-18-19-20-22(26)21-23(24)25-2/h1,23,25H,4-21,24H2,2H3. The van der Waals surface area contributed by atoms with Crippen molar-refractivity contribution in [3.05, 3.63) is 0 Å². The van der Waals surface area contributed by atoms with Crippen molar-refractivity contribution in [2.45, 2.75) is 122 Å². The summed E-state index contributed by atoms with van der Waals surface area (Å²) >= 11 is 0. The van der Waals surface area contributed by atoms with Crippen molar-refractivity contribution in [1.82, 2.24) is 5.32 Å². The molecule has 3 heteroatoms. The van der Waals surface area contributed by atoms with Crippen LogP contribution in [0, 0.1) is 12.3 Å². The van der Waals surface area contributed by atoms with Gasteiger partial charge in [-0.15, -0.1) is 12.3 Å². The number of terminal acetylenes is 1. The molecule has 0 aromatic rings. The van der Waals surface area contributed by atoms with Crippen LogP contribution in [0.25, 0.3) is 0 Å². The third kappa shape index (κ3) is 19.5. The molecule has 0 aliphatic heterocycles. The average Bonchev–Trinajstić information content (AvgIpc) is 2.64. The molecule has 0 amide bonds. The number of hydrogen-bond donors (Lipinski definition) is 2. The fourth-order valence-electron chi connectivity index (χ4n) is 3.30. The maximum absolute atomic E-state index is 11.6. The van der Waals surface area contributed by atoms with Crippen LogP contribution in [0.2, 0.25) is 0 Å². The van der Waals surface area contributed by atoms with Crippen LogP contribution in [-0.2, 0) is 4.79 Å². The molecule has 0 heterocycles. The van der Waals surface area contributed by atoms with Gasteiger partial charge in [-0.2, -0.15) is 0 Å². The van der Waals surface area contributed by atoms with Gasteiger partial charge in [0.25, 0.3) is 0 Å². The van der Waals surface area contributed by atoms with E-state index in [4.69, 9.17) is 12.2 Å². The van der Waals surface area contributed by atoms with E-state index in [-0.39, 0.29) is 6.17 Å².